The highest BCUT2D eigenvalue weighted by Gasteiger charge is 2.28. The number of halogens is 4. The van der Waals surface area contributed by atoms with Gasteiger partial charge in [-0.15, -0.1) is 0 Å². The molecule has 118 valence electrons. The zero-order valence-corrected chi connectivity index (χ0v) is 12.6. The zero-order chi connectivity index (χ0) is 16.0. The molecule has 0 aromatic carbocycles. The summed E-state index contributed by atoms with van der Waals surface area (Å²) in [7, 11) is 1.29. The summed E-state index contributed by atoms with van der Waals surface area (Å²) in [6.07, 6.45) is -4.50. The van der Waals surface area contributed by atoms with Crippen LogP contribution in [0.4, 0.5) is 19.0 Å². The Morgan fingerprint density at radius 2 is 2.10 bits per heavy atom. The fourth-order valence-electron chi connectivity index (χ4n) is 1.52. The molecule has 1 heterocycles. The van der Waals surface area contributed by atoms with Crippen LogP contribution in [-0.2, 0) is 0 Å². The Kier molecular flexibility index (Phi) is 6.26. The molecule has 1 aromatic rings. The number of pyridine rings is 1. The quantitative estimate of drug-likeness (QED) is 0.870. The third kappa shape index (κ3) is 5.79. The Bertz CT molecular complexity index is 494. The SMILES string of the molecule is CCCNc1ccc(Cl)c(C(=O)N(C)CCC(F)(F)F)n1. The van der Waals surface area contributed by atoms with Crippen molar-refractivity contribution < 1.29 is 18.0 Å². The van der Waals surface area contributed by atoms with Crippen LogP contribution in [0.1, 0.15) is 30.3 Å². The summed E-state index contributed by atoms with van der Waals surface area (Å²) < 4.78 is 36.5. The Hall–Kier alpha value is -1.50. The molecule has 1 amide bonds. The third-order valence-corrected chi connectivity index (χ3v) is 2.99. The average Bonchev–Trinajstić information content (AvgIpc) is 2.42. The van der Waals surface area contributed by atoms with Gasteiger partial charge in [-0.3, -0.25) is 4.79 Å². The normalized spacial score (nSPS) is 11.3. The van der Waals surface area contributed by atoms with Crippen LogP contribution in [0.3, 0.4) is 0 Å². The summed E-state index contributed by atoms with van der Waals surface area (Å²) >= 11 is 5.90. The van der Waals surface area contributed by atoms with Crippen molar-refractivity contribution in [1.82, 2.24) is 9.88 Å². The van der Waals surface area contributed by atoms with Crippen molar-refractivity contribution >= 4 is 23.3 Å². The first-order chi connectivity index (χ1) is 9.74. The molecule has 1 aromatic heterocycles. The van der Waals surface area contributed by atoms with Gasteiger partial charge in [0, 0.05) is 20.1 Å². The summed E-state index contributed by atoms with van der Waals surface area (Å²) in [5.41, 5.74) is -0.0533. The second-order valence-corrected chi connectivity index (χ2v) is 4.95. The number of amides is 1. The minimum Gasteiger partial charge on any atom is -0.370 e. The van der Waals surface area contributed by atoms with Gasteiger partial charge in [-0.2, -0.15) is 13.2 Å². The fourth-order valence-corrected chi connectivity index (χ4v) is 1.71. The van der Waals surface area contributed by atoms with Crippen LogP contribution in [0, 0.1) is 0 Å². The van der Waals surface area contributed by atoms with Crippen LogP contribution >= 0.6 is 11.6 Å². The minimum absolute atomic E-state index is 0.0533. The molecule has 0 aliphatic rings. The van der Waals surface area contributed by atoms with Gasteiger partial charge in [0.2, 0.25) is 0 Å². The lowest BCUT2D eigenvalue weighted by Crippen LogP contribution is -2.31. The number of hydrogen-bond acceptors (Lipinski definition) is 3. The van der Waals surface area contributed by atoms with Crippen molar-refractivity contribution in [1.29, 1.82) is 0 Å². The van der Waals surface area contributed by atoms with Crippen molar-refractivity contribution in [2.75, 3.05) is 25.5 Å². The van der Waals surface area contributed by atoms with Crippen LogP contribution < -0.4 is 5.32 Å². The topological polar surface area (TPSA) is 45.2 Å². The Balaban J connectivity index is 2.80. The number of alkyl halides is 3. The number of nitrogens with one attached hydrogen (secondary N) is 1. The molecule has 4 nitrogen and oxygen atoms in total. The molecular formula is C13H17ClF3N3O. The first-order valence-electron chi connectivity index (χ1n) is 6.47. The van der Waals surface area contributed by atoms with Gasteiger partial charge in [0.1, 0.15) is 11.5 Å². The number of carbonyl (C=O) groups is 1. The van der Waals surface area contributed by atoms with Gasteiger partial charge in [-0.25, -0.2) is 4.98 Å². The van der Waals surface area contributed by atoms with Crippen LogP contribution in [0.15, 0.2) is 12.1 Å². The molecule has 8 heteroatoms. The molecule has 0 aliphatic carbocycles. The summed E-state index contributed by atoms with van der Waals surface area (Å²) in [5, 5.41) is 3.10. The molecule has 1 N–H and O–H groups in total. The van der Waals surface area contributed by atoms with E-state index in [2.05, 4.69) is 10.3 Å². The molecule has 0 spiro atoms. The largest absolute Gasteiger partial charge is 0.390 e. The van der Waals surface area contributed by atoms with Crippen LogP contribution in [0.25, 0.3) is 0 Å². The van der Waals surface area contributed by atoms with Crippen LogP contribution in [0.5, 0.6) is 0 Å². The van der Waals surface area contributed by atoms with E-state index < -0.39 is 25.0 Å². The zero-order valence-electron chi connectivity index (χ0n) is 11.8. The maximum Gasteiger partial charge on any atom is 0.390 e. The second kappa shape index (κ2) is 7.49. The standard InChI is InChI=1S/C13H17ClF3N3O/c1-3-7-18-10-5-4-9(14)11(19-10)12(21)20(2)8-6-13(15,16)17/h4-5H,3,6-8H2,1-2H3,(H,18,19). The predicted molar refractivity (Wildman–Crippen MR) is 75.7 cm³/mol. The average molecular weight is 324 g/mol. The molecule has 0 saturated heterocycles. The first kappa shape index (κ1) is 17.6. The number of anilines is 1. The van der Waals surface area contributed by atoms with Gasteiger partial charge < -0.3 is 10.2 Å². The van der Waals surface area contributed by atoms with Gasteiger partial charge in [0.25, 0.3) is 5.91 Å². The highest BCUT2D eigenvalue weighted by atomic mass is 35.5. The number of aromatic nitrogens is 1. The molecule has 0 saturated carbocycles. The highest BCUT2D eigenvalue weighted by molar-refractivity contribution is 6.33. The van der Waals surface area contributed by atoms with Gasteiger partial charge in [-0.1, -0.05) is 18.5 Å². The summed E-state index contributed by atoms with van der Waals surface area (Å²) in [4.78, 5) is 17.1. The van der Waals surface area contributed by atoms with E-state index >= 15 is 0 Å². The van der Waals surface area contributed by atoms with Crippen molar-refractivity contribution in [3.63, 3.8) is 0 Å². The van der Waals surface area contributed by atoms with E-state index in [-0.39, 0.29) is 10.7 Å². The van der Waals surface area contributed by atoms with Crippen LogP contribution in [-0.4, -0.2) is 42.1 Å². The molecule has 0 aliphatic heterocycles. The molecule has 1 rings (SSSR count). The lowest BCUT2D eigenvalue weighted by atomic mass is 10.3. The number of carbonyl (C=O) groups excluding carboxylic acids is 1. The second-order valence-electron chi connectivity index (χ2n) is 4.55. The predicted octanol–water partition coefficient (Wildman–Crippen LogP) is 3.58. The van der Waals surface area contributed by atoms with E-state index in [1.54, 1.807) is 6.07 Å². The lowest BCUT2D eigenvalue weighted by molar-refractivity contribution is -0.136. The summed E-state index contributed by atoms with van der Waals surface area (Å²) in [6, 6.07) is 3.11. The van der Waals surface area contributed by atoms with Gasteiger partial charge in [0.05, 0.1) is 11.4 Å². The summed E-state index contributed by atoms with van der Waals surface area (Å²) in [6.45, 7) is 2.21. The van der Waals surface area contributed by atoms with E-state index in [0.29, 0.717) is 12.4 Å². The van der Waals surface area contributed by atoms with E-state index in [4.69, 9.17) is 11.6 Å². The molecule has 0 unspecified atom stereocenters. The molecule has 0 fully saturated rings. The van der Waals surface area contributed by atoms with E-state index in [9.17, 15) is 18.0 Å². The molecule has 0 bridgehead atoms. The van der Waals surface area contributed by atoms with E-state index in [1.165, 1.54) is 13.1 Å². The van der Waals surface area contributed by atoms with E-state index in [0.717, 1.165) is 11.3 Å². The van der Waals surface area contributed by atoms with Crippen molar-refractivity contribution in [3.8, 4) is 0 Å². The number of hydrogen-bond donors (Lipinski definition) is 1. The number of rotatable bonds is 6. The van der Waals surface area contributed by atoms with Crippen molar-refractivity contribution in [3.05, 3.63) is 22.8 Å². The van der Waals surface area contributed by atoms with Gasteiger partial charge in [-0.05, 0) is 18.6 Å². The maximum atomic E-state index is 12.2. The molecule has 0 atom stereocenters. The first-order valence-corrected chi connectivity index (χ1v) is 6.85. The van der Waals surface area contributed by atoms with Gasteiger partial charge >= 0.3 is 6.18 Å². The molecule has 21 heavy (non-hydrogen) atoms. The maximum absolute atomic E-state index is 12.2. The lowest BCUT2D eigenvalue weighted by Gasteiger charge is -2.18. The van der Waals surface area contributed by atoms with Crippen molar-refractivity contribution in [2.24, 2.45) is 0 Å². The van der Waals surface area contributed by atoms with Gasteiger partial charge in [0.15, 0.2) is 0 Å². The number of nitrogens with zero attached hydrogens (tertiary/aromatic N) is 2. The van der Waals surface area contributed by atoms with Crippen LogP contribution in [0.2, 0.25) is 5.02 Å². The van der Waals surface area contributed by atoms with Crippen molar-refractivity contribution in [2.45, 2.75) is 25.9 Å². The fraction of sp³-hybridized carbons (Fsp3) is 0.538. The third-order valence-electron chi connectivity index (χ3n) is 2.68. The highest BCUT2D eigenvalue weighted by Crippen LogP contribution is 2.21. The monoisotopic (exact) mass is 323 g/mol. The minimum atomic E-state index is -4.31. The molecule has 0 radical (unpaired) electrons. The Morgan fingerprint density at radius 1 is 1.43 bits per heavy atom. The Morgan fingerprint density at radius 3 is 2.67 bits per heavy atom. The van der Waals surface area contributed by atoms with E-state index in [1.807, 2.05) is 6.92 Å². The summed E-state index contributed by atoms with van der Waals surface area (Å²) in [5.74, 6) is -0.168. The smallest absolute Gasteiger partial charge is 0.370 e. The Labute approximate surface area is 126 Å². The molecular weight excluding hydrogens is 307 g/mol.